The molecule has 0 saturated carbocycles. The van der Waals surface area contributed by atoms with E-state index in [-0.39, 0.29) is 30.1 Å². The van der Waals surface area contributed by atoms with Crippen molar-refractivity contribution in [2.45, 2.75) is 32.9 Å². The number of fused-ring (bicyclic) bond motifs is 2. The highest BCUT2D eigenvalue weighted by Gasteiger charge is 2.32. The molecule has 1 amide bonds. The third-order valence-corrected chi connectivity index (χ3v) is 8.10. The molecule has 162 valence electrons. The molecule has 7 nitrogen and oxygen atoms in total. The molecule has 1 aliphatic heterocycles. The molecule has 3 aromatic rings. The topological polar surface area (TPSA) is 102 Å². The molecular weight excluding hydrogens is 436 g/mol. The van der Waals surface area contributed by atoms with Crippen molar-refractivity contribution in [2.24, 2.45) is 0 Å². The van der Waals surface area contributed by atoms with Gasteiger partial charge in [0.25, 0.3) is 5.91 Å². The van der Waals surface area contributed by atoms with E-state index in [1.807, 2.05) is 25.1 Å². The third kappa shape index (κ3) is 4.20. The third-order valence-electron chi connectivity index (χ3n) is 5.22. The van der Waals surface area contributed by atoms with Gasteiger partial charge in [0, 0.05) is 10.3 Å². The van der Waals surface area contributed by atoms with Gasteiger partial charge in [0.15, 0.2) is 9.84 Å². The molecule has 0 atom stereocenters. The average molecular weight is 459 g/mol. The Labute approximate surface area is 184 Å². The second-order valence-electron chi connectivity index (χ2n) is 7.54. The molecule has 0 fully saturated rings. The van der Waals surface area contributed by atoms with Crippen LogP contribution in [0.25, 0.3) is 10.9 Å². The zero-order valence-corrected chi connectivity index (χ0v) is 19.1. The number of nitrogens with zero attached hydrogens (tertiary/aromatic N) is 1. The van der Waals surface area contributed by atoms with E-state index in [0.717, 1.165) is 27.8 Å². The minimum atomic E-state index is -3.22. The van der Waals surface area contributed by atoms with E-state index in [1.54, 1.807) is 19.9 Å². The molecule has 9 heteroatoms. The van der Waals surface area contributed by atoms with E-state index in [1.165, 1.54) is 0 Å². The number of rotatable bonds is 4. The number of benzene rings is 1. The summed E-state index contributed by atoms with van der Waals surface area (Å²) in [7, 11) is -3.22. The molecule has 1 aromatic carbocycles. The van der Waals surface area contributed by atoms with Crippen LogP contribution in [0.4, 0.5) is 5.00 Å². The van der Waals surface area contributed by atoms with Crippen LogP contribution in [0.15, 0.2) is 24.3 Å². The Hall–Kier alpha value is -2.78. The van der Waals surface area contributed by atoms with Crippen molar-refractivity contribution in [3.05, 3.63) is 57.1 Å². The minimum Gasteiger partial charge on any atom is -0.462 e. The monoisotopic (exact) mass is 458 g/mol. The molecule has 0 radical (unpaired) electrons. The molecule has 0 spiro atoms. The maximum absolute atomic E-state index is 13.1. The molecule has 0 bridgehead atoms. The Kier molecular flexibility index (Phi) is 5.57. The maximum atomic E-state index is 13.1. The van der Waals surface area contributed by atoms with Gasteiger partial charge in [-0.15, -0.1) is 11.3 Å². The number of anilines is 1. The van der Waals surface area contributed by atoms with Crippen molar-refractivity contribution >= 4 is 49.0 Å². The van der Waals surface area contributed by atoms with Gasteiger partial charge in [-0.2, -0.15) is 0 Å². The zero-order valence-electron chi connectivity index (χ0n) is 17.4. The molecule has 4 rings (SSSR count). The van der Waals surface area contributed by atoms with Gasteiger partial charge in [0.2, 0.25) is 0 Å². The normalized spacial score (nSPS) is 14.8. The lowest BCUT2D eigenvalue weighted by atomic mass is 10.1. The fraction of sp³-hybridized carbons (Fsp3) is 0.318. The fourth-order valence-corrected chi connectivity index (χ4v) is 6.76. The number of sulfone groups is 1. The van der Waals surface area contributed by atoms with Gasteiger partial charge in [-0.3, -0.25) is 9.78 Å². The van der Waals surface area contributed by atoms with Crippen molar-refractivity contribution in [1.82, 2.24) is 4.98 Å². The van der Waals surface area contributed by atoms with E-state index in [4.69, 9.17) is 4.74 Å². The fourth-order valence-electron chi connectivity index (χ4n) is 3.72. The highest BCUT2D eigenvalue weighted by Crippen LogP contribution is 2.38. The Bertz CT molecular complexity index is 1330. The van der Waals surface area contributed by atoms with E-state index in [2.05, 4.69) is 10.3 Å². The van der Waals surface area contributed by atoms with Gasteiger partial charge in [0.05, 0.1) is 40.5 Å². The van der Waals surface area contributed by atoms with Crippen LogP contribution < -0.4 is 5.32 Å². The van der Waals surface area contributed by atoms with E-state index in [0.29, 0.717) is 26.7 Å². The number of hydrogen-bond acceptors (Lipinski definition) is 7. The lowest BCUT2D eigenvalue weighted by Gasteiger charge is -2.13. The number of amides is 1. The van der Waals surface area contributed by atoms with Crippen LogP contribution in [0.1, 0.15) is 49.3 Å². The summed E-state index contributed by atoms with van der Waals surface area (Å²) in [6.45, 7) is 5.61. The lowest BCUT2D eigenvalue weighted by Crippen LogP contribution is -2.20. The van der Waals surface area contributed by atoms with Gasteiger partial charge >= 0.3 is 5.97 Å². The second kappa shape index (κ2) is 8.05. The number of pyridine rings is 1. The van der Waals surface area contributed by atoms with Gasteiger partial charge in [-0.25, -0.2) is 13.2 Å². The predicted molar refractivity (Wildman–Crippen MR) is 121 cm³/mol. The molecule has 0 aliphatic carbocycles. The Morgan fingerprint density at radius 2 is 2.00 bits per heavy atom. The van der Waals surface area contributed by atoms with Gasteiger partial charge < -0.3 is 10.1 Å². The highest BCUT2D eigenvalue weighted by molar-refractivity contribution is 7.90. The van der Waals surface area contributed by atoms with Crippen molar-refractivity contribution in [3.8, 4) is 0 Å². The number of aromatic nitrogens is 1. The SMILES string of the molecule is CCOC(=O)c1c(NC(=O)c2cc3cc(C)ccc3nc2C)sc2c1CCS(=O)(=O)C2. The summed E-state index contributed by atoms with van der Waals surface area (Å²) >= 11 is 1.12. The summed E-state index contributed by atoms with van der Waals surface area (Å²) in [4.78, 5) is 30.8. The Morgan fingerprint density at radius 3 is 2.74 bits per heavy atom. The highest BCUT2D eigenvalue weighted by atomic mass is 32.2. The largest absolute Gasteiger partial charge is 0.462 e. The van der Waals surface area contributed by atoms with Crippen LogP contribution in [0.2, 0.25) is 0 Å². The van der Waals surface area contributed by atoms with Crippen LogP contribution in [0, 0.1) is 13.8 Å². The number of aryl methyl sites for hydroxylation is 2. The summed E-state index contributed by atoms with van der Waals surface area (Å²) < 4.78 is 29.3. The standard InChI is InChI=1S/C22H22N2O5S2/c1-4-29-22(26)19-15-7-8-31(27,28)11-18(15)30-21(19)24-20(25)16-10-14-9-12(2)5-6-17(14)23-13(16)3/h5-6,9-10H,4,7-8,11H2,1-3H3,(H,24,25). The number of thiophene rings is 1. The molecule has 31 heavy (non-hydrogen) atoms. The van der Waals surface area contributed by atoms with Crippen LogP contribution in [-0.2, 0) is 26.7 Å². The van der Waals surface area contributed by atoms with Crippen LogP contribution >= 0.6 is 11.3 Å². The first-order chi connectivity index (χ1) is 14.7. The number of ether oxygens (including phenoxy) is 1. The predicted octanol–water partition coefficient (Wildman–Crippen LogP) is 3.81. The van der Waals surface area contributed by atoms with Gasteiger partial charge in [0.1, 0.15) is 5.00 Å². The minimum absolute atomic E-state index is 0.0242. The van der Waals surface area contributed by atoms with Crippen LogP contribution in [-0.4, -0.2) is 37.6 Å². The molecule has 0 unspecified atom stereocenters. The zero-order chi connectivity index (χ0) is 22.3. The molecule has 3 heterocycles. The molecule has 0 saturated heterocycles. The average Bonchev–Trinajstić information content (AvgIpc) is 3.03. The first-order valence-electron chi connectivity index (χ1n) is 9.90. The summed E-state index contributed by atoms with van der Waals surface area (Å²) in [5.74, 6) is -1.12. The van der Waals surface area contributed by atoms with E-state index < -0.39 is 21.7 Å². The summed E-state index contributed by atoms with van der Waals surface area (Å²) in [5, 5.41) is 3.97. The van der Waals surface area contributed by atoms with Crippen molar-refractivity contribution in [3.63, 3.8) is 0 Å². The summed E-state index contributed by atoms with van der Waals surface area (Å²) in [5.41, 5.74) is 3.72. The number of carbonyl (C=O) groups excluding carboxylic acids is 2. The van der Waals surface area contributed by atoms with E-state index in [9.17, 15) is 18.0 Å². The number of hydrogen-bond donors (Lipinski definition) is 1. The van der Waals surface area contributed by atoms with Crippen molar-refractivity contribution in [1.29, 1.82) is 0 Å². The number of carbonyl (C=O) groups is 2. The second-order valence-corrected chi connectivity index (χ2v) is 10.8. The van der Waals surface area contributed by atoms with Crippen molar-refractivity contribution in [2.75, 3.05) is 17.7 Å². The number of nitrogens with one attached hydrogen (secondary N) is 1. The van der Waals surface area contributed by atoms with Gasteiger partial charge in [-0.05, 0) is 51.0 Å². The maximum Gasteiger partial charge on any atom is 0.341 e. The van der Waals surface area contributed by atoms with Crippen molar-refractivity contribution < 1.29 is 22.7 Å². The quantitative estimate of drug-likeness (QED) is 0.597. The Morgan fingerprint density at radius 1 is 1.23 bits per heavy atom. The van der Waals surface area contributed by atoms with Crippen LogP contribution in [0.5, 0.6) is 0 Å². The summed E-state index contributed by atoms with van der Waals surface area (Å²) in [6.07, 6.45) is 0.230. The van der Waals surface area contributed by atoms with E-state index >= 15 is 0 Å². The van der Waals surface area contributed by atoms with Gasteiger partial charge in [-0.1, -0.05) is 11.6 Å². The number of esters is 1. The van der Waals surface area contributed by atoms with Crippen LogP contribution in [0.3, 0.4) is 0 Å². The first kappa shape index (κ1) is 21.5. The summed E-state index contributed by atoms with van der Waals surface area (Å²) in [6, 6.07) is 7.61. The molecular formula is C22H22N2O5S2. The molecule has 1 N–H and O–H groups in total. The molecule has 2 aromatic heterocycles. The smallest absolute Gasteiger partial charge is 0.341 e. The molecule has 1 aliphatic rings. The first-order valence-corrected chi connectivity index (χ1v) is 12.5. The Balaban J connectivity index is 1.74. The lowest BCUT2D eigenvalue weighted by molar-refractivity contribution is 0.0527.